The van der Waals surface area contributed by atoms with E-state index < -0.39 is 11.6 Å². The van der Waals surface area contributed by atoms with Crippen LogP contribution in [0.4, 0.5) is 4.39 Å². The van der Waals surface area contributed by atoms with Gasteiger partial charge in [-0.05, 0) is 32.1 Å². The van der Waals surface area contributed by atoms with E-state index in [-0.39, 0.29) is 5.41 Å². The summed E-state index contributed by atoms with van der Waals surface area (Å²) in [7, 11) is 0. The molecule has 0 bridgehead atoms. The minimum Gasteiger partial charge on any atom is -0.382 e. The van der Waals surface area contributed by atoms with Gasteiger partial charge in [-0.2, -0.15) is 0 Å². The zero-order valence-electron chi connectivity index (χ0n) is 11.5. The summed E-state index contributed by atoms with van der Waals surface area (Å²) in [6, 6.07) is 0. The van der Waals surface area contributed by atoms with Crippen molar-refractivity contribution in [3.05, 3.63) is 16.1 Å². The SMILES string of the molecule is CC(C)(Cc1csc(C2CCC(F)CC2)n1)[C@H](O)S. The number of aromatic nitrogens is 1. The lowest BCUT2D eigenvalue weighted by Crippen LogP contribution is -2.27. The lowest BCUT2D eigenvalue weighted by atomic mass is 9.88. The number of alkyl halides is 1. The molecule has 1 atom stereocenters. The molecule has 0 amide bonds. The fourth-order valence-corrected chi connectivity index (χ4v) is 3.53. The highest BCUT2D eigenvalue weighted by atomic mass is 32.1. The summed E-state index contributed by atoms with van der Waals surface area (Å²) in [4.78, 5) is 4.68. The van der Waals surface area contributed by atoms with E-state index in [2.05, 4.69) is 23.0 Å². The van der Waals surface area contributed by atoms with Crippen LogP contribution in [0.5, 0.6) is 0 Å². The van der Waals surface area contributed by atoms with Crippen LogP contribution in [0.3, 0.4) is 0 Å². The Labute approximate surface area is 123 Å². The number of hydrogen-bond acceptors (Lipinski definition) is 4. The molecule has 0 saturated heterocycles. The van der Waals surface area contributed by atoms with Crippen molar-refractivity contribution in [3.8, 4) is 0 Å². The predicted octanol–water partition coefficient (Wildman–Crippen LogP) is 3.96. The molecule has 5 heteroatoms. The normalized spacial score (nSPS) is 26.4. The molecule has 0 radical (unpaired) electrons. The molecule has 2 nitrogen and oxygen atoms in total. The number of nitrogens with zero attached hydrogens (tertiary/aromatic N) is 1. The molecule has 2 rings (SSSR count). The molecule has 1 heterocycles. The van der Waals surface area contributed by atoms with Crippen LogP contribution in [0.15, 0.2) is 5.38 Å². The number of hydrogen-bond donors (Lipinski definition) is 2. The minimum absolute atomic E-state index is 0.287. The number of aliphatic hydroxyl groups excluding tert-OH is 1. The van der Waals surface area contributed by atoms with Crippen LogP contribution in [0, 0.1) is 5.41 Å². The summed E-state index contributed by atoms with van der Waals surface area (Å²) in [5.41, 5.74) is 0.0745. The van der Waals surface area contributed by atoms with Crippen molar-refractivity contribution in [3.63, 3.8) is 0 Å². The second-order valence-corrected chi connectivity index (χ2v) is 7.54. The maximum absolute atomic E-state index is 13.1. The first-order valence-corrected chi connectivity index (χ1v) is 8.22. The van der Waals surface area contributed by atoms with Crippen LogP contribution in [0.1, 0.15) is 56.2 Å². The van der Waals surface area contributed by atoms with Gasteiger partial charge in [0.05, 0.1) is 10.7 Å². The zero-order valence-corrected chi connectivity index (χ0v) is 13.2. The summed E-state index contributed by atoms with van der Waals surface area (Å²) >= 11 is 5.79. The number of rotatable bonds is 4. The van der Waals surface area contributed by atoms with E-state index in [1.54, 1.807) is 11.3 Å². The summed E-state index contributed by atoms with van der Waals surface area (Å²) in [5.74, 6) is 0.426. The highest BCUT2D eigenvalue weighted by Crippen LogP contribution is 2.36. The summed E-state index contributed by atoms with van der Waals surface area (Å²) in [5, 5.41) is 12.8. The quantitative estimate of drug-likeness (QED) is 0.652. The first kappa shape index (κ1) is 15.3. The number of thiol groups is 1. The van der Waals surface area contributed by atoms with Crippen molar-refractivity contribution in [2.24, 2.45) is 5.41 Å². The summed E-state index contributed by atoms with van der Waals surface area (Å²) < 4.78 is 13.1. The van der Waals surface area contributed by atoms with Gasteiger partial charge in [-0.3, -0.25) is 0 Å². The van der Waals surface area contributed by atoms with Crippen molar-refractivity contribution in [1.29, 1.82) is 0 Å². The van der Waals surface area contributed by atoms with E-state index in [9.17, 15) is 9.50 Å². The van der Waals surface area contributed by atoms with Gasteiger partial charge in [0.25, 0.3) is 0 Å². The van der Waals surface area contributed by atoms with Crippen LogP contribution in [-0.2, 0) is 6.42 Å². The highest BCUT2D eigenvalue weighted by molar-refractivity contribution is 7.80. The third-order valence-electron chi connectivity index (χ3n) is 3.91. The smallest absolute Gasteiger partial charge is 0.102 e. The second kappa shape index (κ2) is 6.10. The Morgan fingerprint density at radius 3 is 2.68 bits per heavy atom. The average molecular weight is 303 g/mol. The van der Waals surface area contributed by atoms with Crippen LogP contribution in [0.2, 0.25) is 0 Å². The molecule has 0 aromatic carbocycles. The van der Waals surface area contributed by atoms with Crippen LogP contribution >= 0.6 is 24.0 Å². The Hall–Kier alpha value is -0.130. The molecule has 19 heavy (non-hydrogen) atoms. The standard InChI is InChI=1S/C14H22FNOS2/c1-14(2,13(17)18)7-11-8-19-12(16-11)9-3-5-10(15)6-4-9/h8-10,13,17-18H,3-7H2,1-2H3/t9?,10?,13-/m1/s1. The lowest BCUT2D eigenvalue weighted by Gasteiger charge is -2.26. The van der Waals surface area contributed by atoms with E-state index in [1.165, 1.54) is 0 Å². The third kappa shape index (κ3) is 3.92. The minimum atomic E-state index is -0.653. The Morgan fingerprint density at radius 1 is 1.47 bits per heavy atom. The monoisotopic (exact) mass is 303 g/mol. The Bertz CT molecular complexity index is 411. The molecule has 1 N–H and O–H groups in total. The largest absolute Gasteiger partial charge is 0.382 e. The summed E-state index contributed by atoms with van der Waals surface area (Å²) in [6.45, 7) is 3.97. The van der Waals surface area contributed by atoms with Gasteiger partial charge in [-0.1, -0.05) is 13.8 Å². The van der Waals surface area contributed by atoms with Crippen LogP contribution < -0.4 is 0 Å². The molecule has 1 aromatic rings. The van der Waals surface area contributed by atoms with E-state index in [1.807, 2.05) is 13.8 Å². The van der Waals surface area contributed by atoms with E-state index in [0.717, 1.165) is 23.5 Å². The molecular formula is C14H22FNOS2. The highest BCUT2D eigenvalue weighted by Gasteiger charge is 2.28. The number of halogens is 1. The van der Waals surface area contributed by atoms with Gasteiger partial charge >= 0.3 is 0 Å². The first-order chi connectivity index (χ1) is 8.88. The van der Waals surface area contributed by atoms with E-state index in [4.69, 9.17) is 0 Å². The molecule has 108 valence electrons. The Balaban J connectivity index is 1.99. The summed E-state index contributed by atoms with van der Waals surface area (Å²) in [6.07, 6.45) is 3.25. The molecular weight excluding hydrogens is 281 g/mol. The van der Waals surface area contributed by atoms with Crippen LogP contribution in [0.25, 0.3) is 0 Å². The van der Waals surface area contributed by atoms with Gasteiger partial charge in [-0.25, -0.2) is 9.37 Å². The van der Waals surface area contributed by atoms with Crippen LogP contribution in [-0.4, -0.2) is 21.7 Å². The fraction of sp³-hybridized carbons (Fsp3) is 0.786. The molecule has 0 aliphatic heterocycles. The topological polar surface area (TPSA) is 33.1 Å². The van der Waals surface area contributed by atoms with Gasteiger partial charge < -0.3 is 5.11 Å². The molecule has 1 aliphatic carbocycles. The molecule has 1 aliphatic rings. The van der Waals surface area contributed by atoms with Gasteiger partial charge in [-0.15, -0.1) is 24.0 Å². The first-order valence-electron chi connectivity index (χ1n) is 6.83. The third-order valence-corrected chi connectivity index (χ3v) is 5.67. The van der Waals surface area contributed by atoms with E-state index in [0.29, 0.717) is 25.2 Å². The molecule has 1 aromatic heterocycles. The maximum Gasteiger partial charge on any atom is 0.102 e. The van der Waals surface area contributed by atoms with Crippen molar-refractivity contribution in [1.82, 2.24) is 4.98 Å². The molecule has 0 spiro atoms. The van der Waals surface area contributed by atoms with Gasteiger partial charge in [0.1, 0.15) is 11.6 Å². The van der Waals surface area contributed by atoms with E-state index >= 15 is 0 Å². The molecule has 1 fully saturated rings. The van der Waals surface area contributed by atoms with Gasteiger partial charge in [0.15, 0.2) is 0 Å². The molecule has 0 unspecified atom stereocenters. The van der Waals surface area contributed by atoms with Gasteiger partial charge in [0, 0.05) is 16.7 Å². The zero-order chi connectivity index (χ0) is 14.0. The van der Waals surface area contributed by atoms with Gasteiger partial charge in [0.2, 0.25) is 0 Å². The Kier molecular flexibility index (Phi) is 4.90. The van der Waals surface area contributed by atoms with Crippen molar-refractivity contribution >= 4 is 24.0 Å². The van der Waals surface area contributed by atoms with Crippen molar-refractivity contribution < 1.29 is 9.50 Å². The number of aliphatic hydroxyl groups is 1. The van der Waals surface area contributed by atoms with Crippen molar-refractivity contribution in [2.75, 3.05) is 0 Å². The van der Waals surface area contributed by atoms with Crippen molar-refractivity contribution in [2.45, 2.75) is 63.5 Å². The fourth-order valence-electron chi connectivity index (χ4n) is 2.45. The maximum atomic E-state index is 13.1. The Morgan fingerprint density at radius 2 is 2.11 bits per heavy atom. The number of thiazole rings is 1. The average Bonchev–Trinajstić information content (AvgIpc) is 2.77. The second-order valence-electron chi connectivity index (χ2n) is 6.17. The predicted molar refractivity (Wildman–Crippen MR) is 80.7 cm³/mol. The molecule has 1 saturated carbocycles. The lowest BCUT2D eigenvalue weighted by molar-refractivity contribution is 0.128.